The highest BCUT2D eigenvalue weighted by atomic mass is 35.5. The first-order valence-corrected chi connectivity index (χ1v) is 13.4. The van der Waals surface area contributed by atoms with E-state index in [2.05, 4.69) is 6.92 Å². The van der Waals surface area contributed by atoms with Crippen molar-refractivity contribution in [2.75, 3.05) is 24.5 Å². The van der Waals surface area contributed by atoms with E-state index in [9.17, 15) is 13.2 Å². The molecule has 0 N–H and O–H groups in total. The molecule has 4 rings (SSSR count). The largest absolute Gasteiger partial charge is 0.373 e. The van der Waals surface area contributed by atoms with E-state index in [0.29, 0.717) is 35.5 Å². The van der Waals surface area contributed by atoms with Crippen molar-refractivity contribution in [2.45, 2.75) is 54.4 Å². The number of benzene rings is 2. The maximum absolute atomic E-state index is 13.4. The molecule has 2 aliphatic rings. The van der Waals surface area contributed by atoms with Crippen LogP contribution in [-0.4, -0.2) is 55.7 Å². The molecular formula is C23H27ClN2O4S2. The van der Waals surface area contributed by atoms with Gasteiger partial charge in [-0.3, -0.25) is 4.79 Å². The van der Waals surface area contributed by atoms with E-state index in [0.717, 1.165) is 17.0 Å². The molecule has 32 heavy (non-hydrogen) atoms. The summed E-state index contributed by atoms with van der Waals surface area (Å²) in [6.07, 6.45) is 0.525. The number of sulfonamides is 1. The van der Waals surface area contributed by atoms with E-state index in [1.807, 2.05) is 32.0 Å². The summed E-state index contributed by atoms with van der Waals surface area (Å²) in [7, 11) is -3.65. The molecule has 9 heteroatoms. The minimum absolute atomic E-state index is 0.162. The number of fused-ring (bicyclic) bond motifs is 1. The van der Waals surface area contributed by atoms with E-state index < -0.39 is 10.0 Å². The number of rotatable bonds is 3. The van der Waals surface area contributed by atoms with Gasteiger partial charge in [0.25, 0.3) is 5.91 Å². The Morgan fingerprint density at radius 1 is 1.06 bits per heavy atom. The molecule has 2 aromatic carbocycles. The molecule has 0 saturated carbocycles. The molecule has 0 aliphatic carbocycles. The summed E-state index contributed by atoms with van der Waals surface area (Å²) in [6.45, 7) is 7.08. The van der Waals surface area contributed by atoms with Crippen LogP contribution in [0.15, 0.2) is 52.3 Å². The van der Waals surface area contributed by atoms with Gasteiger partial charge in [0.05, 0.1) is 22.8 Å². The summed E-state index contributed by atoms with van der Waals surface area (Å²) in [5.74, 6) is -0.166. The minimum Gasteiger partial charge on any atom is -0.373 e. The molecule has 0 aromatic heterocycles. The summed E-state index contributed by atoms with van der Waals surface area (Å²) in [5.41, 5.74) is 1.24. The van der Waals surface area contributed by atoms with Crippen molar-refractivity contribution in [3.05, 3.63) is 53.1 Å². The average Bonchev–Trinajstić information content (AvgIpc) is 2.90. The number of halogens is 1. The molecule has 2 heterocycles. The van der Waals surface area contributed by atoms with E-state index in [-0.39, 0.29) is 23.0 Å². The second-order valence-electron chi connectivity index (χ2n) is 8.39. The lowest BCUT2D eigenvalue weighted by atomic mass is 10.1. The van der Waals surface area contributed by atoms with Gasteiger partial charge in [0.15, 0.2) is 0 Å². The van der Waals surface area contributed by atoms with Crippen molar-refractivity contribution < 1.29 is 17.9 Å². The van der Waals surface area contributed by atoms with Crippen LogP contribution in [0, 0.1) is 0 Å². The highest BCUT2D eigenvalue weighted by molar-refractivity contribution is 8.00. The Morgan fingerprint density at radius 3 is 2.38 bits per heavy atom. The van der Waals surface area contributed by atoms with Crippen molar-refractivity contribution in [1.29, 1.82) is 0 Å². The number of anilines is 1. The Morgan fingerprint density at radius 2 is 1.72 bits per heavy atom. The third-order valence-electron chi connectivity index (χ3n) is 5.67. The Balaban J connectivity index is 1.59. The molecule has 172 valence electrons. The lowest BCUT2D eigenvalue weighted by molar-refractivity contribution is -0.0440. The van der Waals surface area contributed by atoms with Crippen LogP contribution >= 0.6 is 23.4 Å². The molecule has 2 aliphatic heterocycles. The first kappa shape index (κ1) is 23.6. The molecule has 3 atom stereocenters. The fourth-order valence-electron chi connectivity index (χ4n) is 4.12. The van der Waals surface area contributed by atoms with Crippen LogP contribution in [0.1, 0.15) is 37.6 Å². The molecule has 0 spiro atoms. The third-order valence-corrected chi connectivity index (χ3v) is 8.99. The molecule has 1 fully saturated rings. The number of hydrogen-bond acceptors (Lipinski definition) is 5. The molecular weight excluding hydrogens is 468 g/mol. The maximum atomic E-state index is 13.4. The van der Waals surface area contributed by atoms with Crippen LogP contribution in [0.5, 0.6) is 0 Å². The first-order chi connectivity index (χ1) is 15.1. The Hall–Kier alpha value is -1.58. The van der Waals surface area contributed by atoms with Gasteiger partial charge in [-0.25, -0.2) is 8.42 Å². The van der Waals surface area contributed by atoms with Crippen LogP contribution in [-0.2, 0) is 14.8 Å². The summed E-state index contributed by atoms with van der Waals surface area (Å²) >= 11 is 7.95. The van der Waals surface area contributed by atoms with Crippen molar-refractivity contribution in [3.8, 4) is 0 Å². The summed E-state index contributed by atoms with van der Waals surface area (Å²) in [4.78, 5) is 16.3. The van der Waals surface area contributed by atoms with Crippen LogP contribution < -0.4 is 4.90 Å². The number of carbonyl (C=O) groups is 1. The maximum Gasteiger partial charge on any atom is 0.258 e. The molecule has 0 bridgehead atoms. The number of amides is 1. The molecule has 3 unspecified atom stereocenters. The predicted octanol–water partition coefficient (Wildman–Crippen LogP) is 4.67. The summed E-state index contributed by atoms with van der Waals surface area (Å²) in [6, 6.07) is 11.8. The molecule has 6 nitrogen and oxygen atoms in total. The number of nitrogens with zero attached hydrogens (tertiary/aromatic N) is 2. The number of hydrogen-bond donors (Lipinski definition) is 0. The van der Waals surface area contributed by atoms with E-state index in [1.165, 1.54) is 16.4 Å². The zero-order chi connectivity index (χ0) is 23.0. The Bertz CT molecular complexity index is 1100. The fraction of sp³-hybridized carbons (Fsp3) is 0.435. The second-order valence-corrected chi connectivity index (χ2v) is 12.2. The predicted molar refractivity (Wildman–Crippen MR) is 128 cm³/mol. The van der Waals surface area contributed by atoms with Gasteiger partial charge in [0.1, 0.15) is 0 Å². The molecule has 2 aromatic rings. The quantitative estimate of drug-likeness (QED) is 0.620. The van der Waals surface area contributed by atoms with Gasteiger partial charge in [-0.2, -0.15) is 4.31 Å². The van der Waals surface area contributed by atoms with E-state index >= 15 is 0 Å². The third kappa shape index (κ3) is 4.84. The van der Waals surface area contributed by atoms with Gasteiger partial charge in [-0.05, 0) is 62.7 Å². The number of carbonyl (C=O) groups excluding carboxylic acids is 1. The van der Waals surface area contributed by atoms with Gasteiger partial charge in [0, 0.05) is 40.4 Å². The van der Waals surface area contributed by atoms with Crippen molar-refractivity contribution in [2.24, 2.45) is 0 Å². The van der Waals surface area contributed by atoms with Crippen molar-refractivity contribution in [1.82, 2.24) is 4.31 Å². The first-order valence-electron chi connectivity index (χ1n) is 10.7. The van der Waals surface area contributed by atoms with Gasteiger partial charge in [-0.15, -0.1) is 11.8 Å². The standard InChI is InChI=1S/C23H27ClN2O4S2/c1-15-13-25(14-16(2)30-15)32(28,29)20-7-4-18(5-8-20)23(27)26-11-10-17(3)31-22-9-6-19(24)12-21(22)26/h4-9,12,15-17H,10-11,13-14H2,1-3H3. The lowest BCUT2D eigenvalue weighted by Crippen LogP contribution is -2.48. The number of ether oxygens (including phenoxy) is 1. The van der Waals surface area contributed by atoms with Gasteiger partial charge in [-0.1, -0.05) is 18.5 Å². The number of thioether (sulfide) groups is 1. The van der Waals surface area contributed by atoms with E-state index in [1.54, 1.807) is 28.8 Å². The van der Waals surface area contributed by atoms with Crippen molar-refractivity contribution in [3.63, 3.8) is 0 Å². The minimum atomic E-state index is -3.65. The molecule has 1 amide bonds. The van der Waals surface area contributed by atoms with Crippen LogP contribution in [0.25, 0.3) is 0 Å². The van der Waals surface area contributed by atoms with Crippen LogP contribution in [0.4, 0.5) is 5.69 Å². The van der Waals surface area contributed by atoms with Gasteiger partial charge < -0.3 is 9.64 Å². The lowest BCUT2D eigenvalue weighted by Gasteiger charge is -2.34. The highest BCUT2D eigenvalue weighted by Gasteiger charge is 2.32. The monoisotopic (exact) mass is 494 g/mol. The Kier molecular flexibility index (Phi) is 6.89. The second kappa shape index (κ2) is 9.35. The topological polar surface area (TPSA) is 66.9 Å². The summed E-state index contributed by atoms with van der Waals surface area (Å²) < 4.78 is 33.3. The van der Waals surface area contributed by atoms with Crippen LogP contribution in [0.3, 0.4) is 0 Å². The Labute approximate surface area is 198 Å². The average molecular weight is 495 g/mol. The van der Waals surface area contributed by atoms with E-state index in [4.69, 9.17) is 16.3 Å². The summed E-state index contributed by atoms with van der Waals surface area (Å²) in [5, 5.41) is 0.950. The fourth-order valence-corrected chi connectivity index (χ4v) is 6.97. The molecule has 0 radical (unpaired) electrons. The molecule has 1 saturated heterocycles. The number of morpholine rings is 1. The zero-order valence-corrected chi connectivity index (χ0v) is 20.7. The highest BCUT2D eigenvalue weighted by Crippen LogP contribution is 2.39. The van der Waals surface area contributed by atoms with Gasteiger partial charge in [0.2, 0.25) is 10.0 Å². The van der Waals surface area contributed by atoms with Gasteiger partial charge >= 0.3 is 0 Å². The SMILES string of the molecule is CC1CN(S(=O)(=O)c2ccc(C(=O)N3CCC(C)Sc4ccc(Cl)cc43)cc2)CC(C)O1. The van der Waals surface area contributed by atoms with Crippen LogP contribution in [0.2, 0.25) is 5.02 Å². The normalized spacial score (nSPS) is 24.6. The smallest absolute Gasteiger partial charge is 0.258 e. The zero-order valence-electron chi connectivity index (χ0n) is 18.3. The van der Waals surface area contributed by atoms with Crippen molar-refractivity contribution >= 4 is 45.0 Å².